The van der Waals surface area contributed by atoms with E-state index in [0.29, 0.717) is 19.4 Å². The molecule has 2 aromatic rings. The van der Waals surface area contributed by atoms with Crippen LogP contribution in [0.2, 0.25) is 0 Å². The number of aryl methyl sites for hydroxylation is 1. The molecule has 0 radical (unpaired) electrons. The van der Waals surface area contributed by atoms with Crippen molar-refractivity contribution < 1.29 is 9.53 Å². The molecule has 0 fully saturated rings. The molecule has 0 heterocycles. The zero-order valence-corrected chi connectivity index (χ0v) is 12.1. The molecule has 0 atom stereocenters. The largest absolute Gasteiger partial charge is 0.466 e. The zero-order valence-electron chi connectivity index (χ0n) is 12.1. The molecule has 0 saturated heterocycles. The van der Waals surface area contributed by atoms with Gasteiger partial charge in [-0.3, -0.25) is 4.79 Å². The summed E-state index contributed by atoms with van der Waals surface area (Å²) in [6, 6.07) is 12.6. The molecule has 0 aliphatic heterocycles. The number of ether oxygens (including phenoxy) is 1. The molecule has 2 heteroatoms. The normalized spacial score (nSPS) is 11.1. The lowest BCUT2D eigenvalue weighted by Crippen LogP contribution is -2.02. The van der Waals surface area contributed by atoms with E-state index in [-0.39, 0.29) is 5.97 Å². The number of carbonyl (C=O) groups excluding carboxylic acids is 1. The number of hydrogen-bond donors (Lipinski definition) is 0. The smallest absolute Gasteiger partial charge is 0.306 e. The molecule has 104 valence electrons. The Labute approximate surface area is 120 Å². The van der Waals surface area contributed by atoms with Crippen LogP contribution in [-0.4, -0.2) is 12.6 Å². The number of benzene rings is 2. The summed E-state index contributed by atoms with van der Waals surface area (Å²) in [7, 11) is 0. The van der Waals surface area contributed by atoms with E-state index in [1.165, 1.54) is 21.9 Å². The maximum atomic E-state index is 11.3. The molecular weight excluding hydrogens is 248 g/mol. The van der Waals surface area contributed by atoms with Gasteiger partial charge in [-0.25, -0.2) is 0 Å². The summed E-state index contributed by atoms with van der Waals surface area (Å²) in [6.45, 7) is 4.40. The van der Waals surface area contributed by atoms with Crippen molar-refractivity contribution in [2.75, 3.05) is 6.61 Å². The Kier molecular flexibility index (Phi) is 4.94. The van der Waals surface area contributed by atoms with E-state index in [1.807, 2.05) is 13.0 Å². The quantitative estimate of drug-likeness (QED) is 0.746. The molecule has 2 aromatic carbocycles. The molecule has 0 aromatic heterocycles. The van der Waals surface area contributed by atoms with E-state index in [2.05, 4.69) is 49.4 Å². The summed E-state index contributed by atoms with van der Waals surface area (Å²) < 4.78 is 4.91. The minimum atomic E-state index is -0.133. The first-order chi connectivity index (χ1) is 9.72. The van der Waals surface area contributed by atoms with Crippen molar-refractivity contribution in [1.82, 2.24) is 0 Å². The molecule has 0 aliphatic rings. The molecule has 0 bridgehead atoms. The van der Waals surface area contributed by atoms with Crippen LogP contribution >= 0.6 is 0 Å². The van der Waals surface area contributed by atoms with Crippen molar-refractivity contribution in [3.63, 3.8) is 0 Å². The fourth-order valence-electron chi connectivity index (χ4n) is 2.35. The van der Waals surface area contributed by atoms with Gasteiger partial charge in [-0.2, -0.15) is 0 Å². The van der Waals surface area contributed by atoms with Crippen molar-refractivity contribution in [2.45, 2.75) is 26.7 Å². The van der Waals surface area contributed by atoms with Crippen LogP contribution in [0.25, 0.3) is 16.8 Å². The molecule has 0 aliphatic carbocycles. The Morgan fingerprint density at radius 2 is 1.95 bits per heavy atom. The third-order valence-electron chi connectivity index (χ3n) is 3.26. The number of allylic oxidation sites excluding steroid dienone is 1. The van der Waals surface area contributed by atoms with Gasteiger partial charge in [-0.1, -0.05) is 48.6 Å². The second-order valence-electron chi connectivity index (χ2n) is 4.77. The summed E-state index contributed by atoms with van der Waals surface area (Å²) >= 11 is 0. The Bertz CT molecular complexity index is 621. The van der Waals surface area contributed by atoms with Gasteiger partial charge in [0.2, 0.25) is 0 Å². The van der Waals surface area contributed by atoms with E-state index in [4.69, 9.17) is 4.74 Å². The SMILES string of the molecule is CCOC(=O)CC/C=C/c1cccc2cccc(C)c12. The van der Waals surface area contributed by atoms with Crippen LogP contribution in [0.1, 0.15) is 30.9 Å². The number of esters is 1. The Morgan fingerprint density at radius 3 is 2.70 bits per heavy atom. The molecular formula is C18H20O2. The monoisotopic (exact) mass is 268 g/mol. The fraction of sp³-hybridized carbons (Fsp3) is 0.278. The molecule has 2 rings (SSSR count). The first kappa shape index (κ1) is 14.3. The van der Waals surface area contributed by atoms with Gasteiger partial charge in [0.25, 0.3) is 0 Å². The molecule has 0 saturated carbocycles. The van der Waals surface area contributed by atoms with Crippen molar-refractivity contribution in [3.05, 3.63) is 53.6 Å². The van der Waals surface area contributed by atoms with Crippen LogP contribution in [0.15, 0.2) is 42.5 Å². The topological polar surface area (TPSA) is 26.3 Å². The predicted octanol–water partition coefficient (Wildman–Crippen LogP) is 4.50. The second kappa shape index (κ2) is 6.90. The van der Waals surface area contributed by atoms with Gasteiger partial charge in [0, 0.05) is 6.42 Å². The van der Waals surface area contributed by atoms with Crippen molar-refractivity contribution in [3.8, 4) is 0 Å². The van der Waals surface area contributed by atoms with Crippen LogP contribution in [0.3, 0.4) is 0 Å². The summed E-state index contributed by atoms with van der Waals surface area (Å²) in [5.41, 5.74) is 2.47. The number of carbonyl (C=O) groups is 1. The number of rotatable bonds is 5. The van der Waals surface area contributed by atoms with Crippen LogP contribution < -0.4 is 0 Å². The molecule has 0 amide bonds. The standard InChI is InChI=1S/C18H20O2/c1-3-20-17(19)13-5-4-9-15-11-7-12-16-10-6-8-14(2)18(15)16/h4,6-12H,3,5,13H2,1-2H3/b9-4+. The predicted molar refractivity (Wildman–Crippen MR) is 83.6 cm³/mol. The zero-order chi connectivity index (χ0) is 14.4. The third-order valence-corrected chi connectivity index (χ3v) is 3.26. The summed E-state index contributed by atoms with van der Waals surface area (Å²) in [4.78, 5) is 11.3. The van der Waals surface area contributed by atoms with Gasteiger partial charge < -0.3 is 4.74 Å². The van der Waals surface area contributed by atoms with E-state index in [1.54, 1.807) is 0 Å². The van der Waals surface area contributed by atoms with Gasteiger partial charge >= 0.3 is 5.97 Å². The average Bonchev–Trinajstić information content (AvgIpc) is 2.44. The van der Waals surface area contributed by atoms with Gasteiger partial charge in [-0.05, 0) is 42.2 Å². The highest BCUT2D eigenvalue weighted by Gasteiger charge is 2.01. The average molecular weight is 268 g/mol. The second-order valence-corrected chi connectivity index (χ2v) is 4.77. The van der Waals surface area contributed by atoms with E-state index in [9.17, 15) is 4.79 Å². The minimum absolute atomic E-state index is 0.133. The Balaban J connectivity index is 2.12. The maximum Gasteiger partial charge on any atom is 0.306 e. The minimum Gasteiger partial charge on any atom is -0.466 e. The van der Waals surface area contributed by atoms with E-state index in [0.717, 1.165) is 0 Å². The van der Waals surface area contributed by atoms with Crippen molar-refractivity contribution in [2.24, 2.45) is 0 Å². The lowest BCUT2D eigenvalue weighted by molar-refractivity contribution is -0.142. The summed E-state index contributed by atoms with van der Waals surface area (Å²) in [5, 5.41) is 2.53. The Hall–Kier alpha value is -2.09. The highest BCUT2D eigenvalue weighted by atomic mass is 16.5. The number of fused-ring (bicyclic) bond motifs is 1. The van der Waals surface area contributed by atoms with Gasteiger partial charge in [0.15, 0.2) is 0 Å². The van der Waals surface area contributed by atoms with E-state index < -0.39 is 0 Å². The first-order valence-corrected chi connectivity index (χ1v) is 7.03. The first-order valence-electron chi connectivity index (χ1n) is 7.03. The van der Waals surface area contributed by atoms with Crippen LogP contribution in [-0.2, 0) is 9.53 Å². The van der Waals surface area contributed by atoms with E-state index >= 15 is 0 Å². The summed E-state index contributed by atoms with van der Waals surface area (Å²) in [5.74, 6) is -0.133. The van der Waals surface area contributed by atoms with Crippen LogP contribution in [0.5, 0.6) is 0 Å². The van der Waals surface area contributed by atoms with Crippen molar-refractivity contribution >= 4 is 22.8 Å². The summed E-state index contributed by atoms with van der Waals surface area (Å²) in [6.07, 6.45) is 5.28. The third kappa shape index (κ3) is 3.47. The molecule has 0 unspecified atom stereocenters. The molecule has 0 spiro atoms. The van der Waals surface area contributed by atoms with Gasteiger partial charge in [-0.15, -0.1) is 0 Å². The lowest BCUT2D eigenvalue weighted by Gasteiger charge is -2.05. The Morgan fingerprint density at radius 1 is 1.20 bits per heavy atom. The van der Waals surface area contributed by atoms with Crippen LogP contribution in [0, 0.1) is 6.92 Å². The molecule has 0 N–H and O–H groups in total. The molecule has 20 heavy (non-hydrogen) atoms. The van der Waals surface area contributed by atoms with Gasteiger partial charge in [0.1, 0.15) is 0 Å². The highest BCUT2D eigenvalue weighted by Crippen LogP contribution is 2.23. The van der Waals surface area contributed by atoms with Gasteiger partial charge in [0.05, 0.1) is 6.61 Å². The van der Waals surface area contributed by atoms with Crippen LogP contribution in [0.4, 0.5) is 0 Å². The fourth-order valence-corrected chi connectivity index (χ4v) is 2.35. The lowest BCUT2D eigenvalue weighted by atomic mass is 9.99. The van der Waals surface area contributed by atoms with Crippen molar-refractivity contribution in [1.29, 1.82) is 0 Å². The number of hydrogen-bond acceptors (Lipinski definition) is 2. The highest BCUT2D eigenvalue weighted by molar-refractivity contribution is 5.93. The molecule has 2 nitrogen and oxygen atoms in total. The maximum absolute atomic E-state index is 11.3.